The van der Waals surface area contributed by atoms with Crippen molar-refractivity contribution < 1.29 is 9.18 Å². The molecular weight excluding hydrogens is 467 g/mol. The Balaban J connectivity index is 1.18. The number of carbonyl (C=O) groups is 1. The third-order valence-corrected chi connectivity index (χ3v) is 7.28. The topological polar surface area (TPSA) is 66.7 Å². The molecule has 2 aliphatic heterocycles. The van der Waals surface area contributed by atoms with Crippen molar-refractivity contribution in [3.05, 3.63) is 88.9 Å². The van der Waals surface area contributed by atoms with Crippen LogP contribution in [0.25, 0.3) is 0 Å². The summed E-state index contributed by atoms with van der Waals surface area (Å²) in [5.74, 6) is 0.450. The number of anilines is 2. The van der Waals surface area contributed by atoms with E-state index in [4.69, 9.17) is 0 Å². The van der Waals surface area contributed by atoms with Gasteiger partial charge in [-0.25, -0.2) is 9.37 Å². The highest BCUT2D eigenvalue weighted by atomic mass is 19.1. The zero-order valence-corrected chi connectivity index (χ0v) is 21.1. The number of aryl methyl sites for hydroxylation is 1. The third-order valence-electron chi connectivity index (χ3n) is 7.28. The van der Waals surface area contributed by atoms with E-state index >= 15 is 0 Å². The summed E-state index contributed by atoms with van der Waals surface area (Å²) in [5.41, 5.74) is 4.59. The summed E-state index contributed by atoms with van der Waals surface area (Å²) >= 11 is 0. The van der Waals surface area contributed by atoms with Gasteiger partial charge in [-0.2, -0.15) is 5.26 Å². The lowest BCUT2D eigenvalue weighted by atomic mass is 10.0. The van der Waals surface area contributed by atoms with Crippen LogP contribution in [0.5, 0.6) is 0 Å². The summed E-state index contributed by atoms with van der Waals surface area (Å²) in [6, 6.07) is 19.4. The lowest BCUT2D eigenvalue weighted by Crippen LogP contribution is -2.49. The monoisotopic (exact) mass is 498 g/mol. The minimum Gasteiger partial charge on any atom is -0.368 e. The zero-order chi connectivity index (χ0) is 25.8. The van der Waals surface area contributed by atoms with Crippen molar-refractivity contribution in [3.63, 3.8) is 0 Å². The molecule has 2 aromatic carbocycles. The molecule has 5 rings (SSSR count). The number of nitrogens with zero attached hydrogens (tertiary/aromatic N) is 6. The number of carbonyl (C=O) groups excluding carboxylic acids is 1. The van der Waals surface area contributed by atoms with Crippen LogP contribution in [0.3, 0.4) is 0 Å². The molecule has 0 saturated carbocycles. The number of piperazine rings is 2. The molecule has 2 saturated heterocycles. The molecule has 0 unspecified atom stereocenters. The van der Waals surface area contributed by atoms with Gasteiger partial charge in [-0.1, -0.05) is 24.3 Å². The SMILES string of the molecule is Cc1ccc(CN2CCN(c3ccccc3C#N)CC2)cc1C(=O)N1CCN(c2ccc(F)cn2)CC1. The fourth-order valence-electron chi connectivity index (χ4n) is 5.11. The van der Waals surface area contributed by atoms with Gasteiger partial charge in [0.15, 0.2) is 0 Å². The molecule has 37 heavy (non-hydrogen) atoms. The number of halogens is 1. The summed E-state index contributed by atoms with van der Waals surface area (Å²) in [4.78, 5) is 26.2. The van der Waals surface area contributed by atoms with Crippen molar-refractivity contribution in [1.29, 1.82) is 5.26 Å². The first-order valence-electron chi connectivity index (χ1n) is 12.7. The number of hydrogen-bond donors (Lipinski definition) is 0. The zero-order valence-electron chi connectivity index (χ0n) is 21.1. The van der Waals surface area contributed by atoms with Crippen LogP contribution >= 0.6 is 0 Å². The van der Waals surface area contributed by atoms with E-state index in [1.165, 1.54) is 12.3 Å². The van der Waals surface area contributed by atoms with Crippen molar-refractivity contribution in [2.45, 2.75) is 13.5 Å². The minimum absolute atomic E-state index is 0.0593. The minimum atomic E-state index is -0.348. The van der Waals surface area contributed by atoms with Crippen LogP contribution in [0.4, 0.5) is 15.9 Å². The molecule has 7 nitrogen and oxygen atoms in total. The van der Waals surface area contributed by atoms with Crippen LogP contribution in [0, 0.1) is 24.1 Å². The normalized spacial score (nSPS) is 16.5. The number of nitriles is 1. The highest BCUT2D eigenvalue weighted by Crippen LogP contribution is 2.23. The largest absolute Gasteiger partial charge is 0.368 e. The van der Waals surface area contributed by atoms with E-state index < -0.39 is 0 Å². The number of para-hydroxylation sites is 1. The molecule has 190 valence electrons. The van der Waals surface area contributed by atoms with E-state index in [1.54, 1.807) is 6.07 Å². The van der Waals surface area contributed by atoms with Gasteiger partial charge < -0.3 is 14.7 Å². The fraction of sp³-hybridized carbons (Fsp3) is 0.345. The Bertz CT molecular complexity index is 1290. The molecule has 0 bridgehead atoms. The molecule has 0 spiro atoms. The summed E-state index contributed by atoms with van der Waals surface area (Å²) in [5, 5.41) is 9.42. The summed E-state index contributed by atoms with van der Waals surface area (Å²) in [6.45, 7) is 8.85. The number of amides is 1. The van der Waals surface area contributed by atoms with E-state index in [0.717, 1.165) is 60.9 Å². The van der Waals surface area contributed by atoms with Gasteiger partial charge in [0, 0.05) is 64.5 Å². The molecule has 1 aromatic heterocycles. The van der Waals surface area contributed by atoms with Crippen molar-refractivity contribution in [2.75, 3.05) is 62.2 Å². The highest BCUT2D eigenvalue weighted by molar-refractivity contribution is 5.96. The van der Waals surface area contributed by atoms with Gasteiger partial charge in [0.2, 0.25) is 0 Å². The molecule has 3 heterocycles. The van der Waals surface area contributed by atoms with Crippen LogP contribution < -0.4 is 9.80 Å². The van der Waals surface area contributed by atoms with Crippen molar-refractivity contribution in [1.82, 2.24) is 14.8 Å². The molecule has 0 aliphatic carbocycles. The summed E-state index contributed by atoms with van der Waals surface area (Å²) in [7, 11) is 0. The van der Waals surface area contributed by atoms with Gasteiger partial charge >= 0.3 is 0 Å². The second-order valence-corrected chi connectivity index (χ2v) is 9.66. The smallest absolute Gasteiger partial charge is 0.254 e. The molecule has 2 fully saturated rings. The average molecular weight is 499 g/mol. The van der Waals surface area contributed by atoms with Gasteiger partial charge in [-0.05, 0) is 48.4 Å². The van der Waals surface area contributed by atoms with Crippen LogP contribution in [-0.2, 0) is 6.54 Å². The highest BCUT2D eigenvalue weighted by Gasteiger charge is 2.25. The Labute approximate surface area is 217 Å². The quantitative estimate of drug-likeness (QED) is 0.535. The Morgan fingerprint density at radius 2 is 1.68 bits per heavy atom. The lowest BCUT2D eigenvalue weighted by Gasteiger charge is -2.37. The number of aromatic nitrogens is 1. The first-order valence-corrected chi connectivity index (χ1v) is 12.7. The maximum atomic E-state index is 13.4. The van der Waals surface area contributed by atoms with Crippen molar-refractivity contribution >= 4 is 17.4 Å². The molecular formula is C29H31FN6O. The molecule has 1 amide bonds. The Kier molecular flexibility index (Phi) is 7.33. The molecule has 0 radical (unpaired) electrons. The second kappa shape index (κ2) is 11.0. The molecule has 3 aromatic rings. The molecule has 8 heteroatoms. The first-order chi connectivity index (χ1) is 18.0. The van der Waals surface area contributed by atoms with Gasteiger partial charge in [-0.3, -0.25) is 9.69 Å². The Morgan fingerprint density at radius 1 is 0.946 bits per heavy atom. The average Bonchev–Trinajstić information content (AvgIpc) is 2.94. The van der Waals surface area contributed by atoms with E-state index in [2.05, 4.69) is 31.8 Å². The van der Waals surface area contributed by atoms with E-state index in [-0.39, 0.29) is 11.7 Å². The fourth-order valence-corrected chi connectivity index (χ4v) is 5.11. The van der Waals surface area contributed by atoms with Gasteiger partial charge in [0.25, 0.3) is 5.91 Å². The van der Waals surface area contributed by atoms with Crippen LogP contribution in [-0.4, -0.2) is 73.0 Å². The molecule has 0 atom stereocenters. The predicted molar refractivity (Wildman–Crippen MR) is 142 cm³/mol. The Hall–Kier alpha value is -3.96. The Morgan fingerprint density at radius 3 is 2.38 bits per heavy atom. The standard InChI is InChI=1S/C29H31FN6O/c1-22-6-7-23(21-33-10-12-34(13-11-33)27-5-3-2-4-24(27)19-31)18-26(22)29(37)36-16-14-35(15-17-36)28-9-8-25(30)20-32-28/h2-9,18,20H,10-17,21H2,1H3. The van der Waals surface area contributed by atoms with Crippen molar-refractivity contribution in [3.8, 4) is 6.07 Å². The van der Waals surface area contributed by atoms with Crippen molar-refractivity contribution in [2.24, 2.45) is 0 Å². The van der Waals surface area contributed by atoms with Crippen LogP contribution in [0.2, 0.25) is 0 Å². The maximum Gasteiger partial charge on any atom is 0.254 e. The summed E-state index contributed by atoms with van der Waals surface area (Å²) in [6.07, 6.45) is 1.23. The van der Waals surface area contributed by atoms with E-state index in [1.807, 2.05) is 48.2 Å². The third kappa shape index (κ3) is 5.57. The number of hydrogen-bond acceptors (Lipinski definition) is 6. The maximum absolute atomic E-state index is 13.4. The van der Waals surface area contributed by atoms with E-state index in [9.17, 15) is 14.4 Å². The van der Waals surface area contributed by atoms with Gasteiger partial charge in [0.05, 0.1) is 17.4 Å². The molecule has 0 N–H and O–H groups in total. The second-order valence-electron chi connectivity index (χ2n) is 9.66. The number of rotatable bonds is 5. The number of pyridine rings is 1. The molecule has 2 aliphatic rings. The van der Waals surface area contributed by atoms with Crippen LogP contribution in [0.15, 0.2) is 60.8 Å². The van der Waals surface area contributed by atoms with Gasteiger partial charge in [0.1, 0.15) is 17.7 Å². The predicted octanol–water partition coefficient (Wildman–Crippen LogP) is 3.69. The van der Waals surface area contributed by atoms with Gasteiger partial charge in [-0.15, -0.1) is 0 Å². The van der Waals surface area contributed by atoms with Crippen LogP contribution in [0.1, 0.15) is 27.0 Å². The summed E-state index contributed by atoms with van der Waals surface area (Å²) < 4.78 is 13.2. The van der Waals surface area contributed by atoms with E-state index in [0.29, 0.717) is 31.7 Å². The lowest BCUT2D eigenvalue weighted by molar-refractivity contribution is 0.0745. The first kappa shape index (κ1) is 24.7. The number of benzene rings is 2.